The van der Waals surface area contributed by atoms with Crippen LogP contribution in [0.25, 0.3) is 11.3 Å². The first kappa shape index (κ1) is 22.5. The van der Waals surface area contributed by atoms with Crippen molar-refractivity contribution in [3.05, 3.63) is 64.6 Å². The maximum absolute atomic E-state index is 6.47. The third kappa shape index (κ3) is 4.08. The molecule has 1 saturated heterocycles. The molecule has 1 aromatic carbocycles. The van der Waals surface area contributed by atoms with Gasteiger partial charge in [0.15, 0.2) is 5.76 Å². The van der Waals surface area contributed by atoms with Crippen molar-refractivity contribution in [1.29, 1.82) is 0 Å². The zero-order valence-electron chi connectivity index (χ0n) is 20.8. The van der Waals surface area contributed by atoms with Gasteiger partial charge in [-0.15, -0.1) is 0 Å². The van der Waals surface area contributed by atoms with Crippen molar-refractivity contribution in [3.63, 3.8) is 0 Å². The lowest BCUT2D eigenvalue weighted by Gasteiger charge is -2.36. The van der Waals surface area contributed by atoms with E-state index in [1.807, 2.05) is 12.1 Å². The monoisotopic (exact) mass is 473 g/mol. The highest BCUT2D eigenvalue weighted by molar-refractivity contribution is 5.72. The molecule has 35 heavy (non-hydrogen) atoms. The molecule has 0 spiro atoms. The van der Waals surface area contributed by atoms with E-state index in [0.717, 1.165) is 55.4 Å². The second-order valence-corrected chi connectivity index (χ2v) is 10.3. The number of hydrogen-bond acceptors (Lipinski definition) is 6. The number of nitrogens with two attached hydrogens (primary N) is 1. The lowest BCUT2D eigenvalue weighted by Crippen LogP contribution is -2.39. The second-order valence-electron chi connectivity index (χ2n) is 10.3. The van der Waals surface area contributed by atoms with Gasteiger partial charge in [-0.1, -0.05) is 6.07 Å². The van der Waals surface area contributed by atoms with Gasteiger partial charge < -0.3 is 19.9 Å². The summed E-state index contributed by atoms with van der Waals surface area (Å²) in [4.78, 5) is 7.12. The molecule has 2 aromatic rings. The van der Waals surface area contributed by atoms with Crippen LogP contribution < -0.4 is 10.5 Å². The number of anilines is 1. The summed E-state index contributed by atoms with van der Waals surface area (Å²) in [7, 11) is 3.46. The van der Waals surface area contributed by atoms with Crippen LogP contribution in [0.5, 0.6) is 5.75 Å². The van der Waals surface area contributed by atoms with Crippen LogP contribution in [0.1, 0.15) is 55.1 Å². The number of aromatic nitrogens is 1. The molecule has 3 unspecified atom stereocenters. The first-order chi connectivity index (χ1) is 17.1. The summed E-state index contributed by atoms with van der Waals surface area (Å²) >= 11 is 0. The predicted molar refractivity (Wildman–Crippen MR) is 137 cm³/mol. The number of allylic oxidation sites excluding steroid dienone is 2. The number of pyridine rings is 1. The molecule has 6 nitrogen and oxygen atoms in total. The molecule has 2 bridgehead atoms. The van der Waals surface area contributed by atoms with Crippen LogP contribution in [0.3, 0.4) is 0 Å². The summed E-state index contributed by atoms with van der Waals surface area (Å²) in [5.74, 6) is 5.28. The third-order valence-electron chi connectivity index (χ3n) is 8.42. The normalized spacial score (nSPS) is 25.2. The zero-order chi connectivity index (χ0) is 23.9. The molecule has 2 heterocycles. The Morgan fingerprint density at radius 1 is 1.00 bits per heavy atom. The highest BCUT2D eigenvalue weighted by Gasteiger charge is 2.41. The van der Waals surface area contributed by atoms with Crippen molar-refractivity contribution in [2.24, 2.45) is 5.92 Å². The van der Waals surface area contributed by atoms with Crippen LogP contribution in [-0.2, 0) is 9.47 Å². The van der Waals surface area contributed by atoms with E-state index in [1.165, 1.54) is 41.5 Å². The fourth-order valence-corrected chi connectivity index (χ4v) is 6.73. The van der Waals surface area contributed by atoms with Gasteiger partial charge >= 0.3 is 0 Å². The molecule has 3 aliphatic carbocycles. The molecule has 0 radical (unpaired) electrons. The number of piperidine rings is 1. The molecule has 1 saturated carbocycles. The Hall–Kier alpha value is -2.99. The highest BCUT2D eigenvalue weighted by Crippen LogP contribution is 2.58. The quantitative estimate of drug-likeness (QED) is 0.594. The lowest BCUT2D eigenvalue weighted by molar-refractivity contribution is 0.164. The maximum Gasteiger partial charge on any atom is 0.156 e. The van der Waals surface area contributed by atoms with Gasteiger partial charge in [-0.3, -0.25) is 4.90 Å². The first-order valence-electron chi connectivity index (χ1n) is 12.9. The molecule has 2 N–H and O–H groups in total. The summed E-state index contributed by atoms with van der Waals surface area (Å²) in [6, 6.07) is 10.3. The minimum atomic E-state index is 0.563. The number of ether oxygens (including phenoxy) is 3. The van der Waals surface area contributed by atoms with Gasteiger partial charge in [0.05, 0.1) is 19.9 Å². The van der Waals surface area contributed by atoms with Crippen LogP contribution in [0, 0.1) is 5.92 Å². The van der Waals surface area contributed by atoms with E-state index in [1.54, 1.807) is 14.2 Å². The molecule has 2 fully saturated rings. The van der Waals surface area contributed by atoms with Crippen LogP contribution in [-0.4, -0.2) is 50.3 Å². The average molecular weight is 474 g/mol. The highest BCUT2D eigenvalue weighted by atomic mass is 16.5. The molecule has 6 rings (SSSR count). The van der Waals surface area contributed by atoms with Crippen LogP contribution in [0.4, 0.5) is 5.82 Å². The number of fused-ring (bicyclic) bond motifs is 6. The van der Waals surface area contributed by atoms with Crippen molar-refractivity contribution in [2.75, 3.05) is 46.2 Å². The van der Waals surface area contributed by atoms with Gasteiger partial charge in [-0.05, 0) is 91.5 Å². The molecular weight excluding hydrogens is 438 g/mol. The van der Waals surface area contributed by atoms with Gasteiger partial charge in [-0.2, -0.15) is 0 Å². The third-order valence-corrected chi connectivity index (χ3v) is 8.42. The smallest absolute Gasteiger partial charge is 0.156 e. The van der Waals surface area contributed by atoms with Gasteiger partial charge in [-0.25, -0.2) is 4.98 Å². The largest absolute Gasteiger partial charge is 0.497 e. The van der Waals surface area contributed by atoms with Crippen LogP contribution >= 0.6 is 0 Å². The SMILES string of the molecule is COC1=C(OC)CC2CCN(CCOc3ccc(-c4cccc(N)n4)c4c3C3CCC4C3)CC2=C1. The molecular formula is C29H35N3O3. The van der Waals surface area contributed by atoms with E-state index >= 15 is 0 Å². The number of likely N-dealkylation sites (tertiary alicyclic amines) is 1. The number of hydrogen-bond donors (Lipinski definition) is 1. The number of nitrogen functional groups attached to an aromatic ring is 1. The Morgan fingerprint density at radius 2 is 1.86 bits per heavy atom. The van der Waals surface area contributed by atoms with Crippen molar-refractivity contribution in [1.82, 2.24) is 9.88 Å². The Labute approximate surface area is 207 Å². The summed E-state index contributed by atoms with van der Waals surface area (Å²) in [6.07, 6.45) is 8.05. The average Bonchev–Trinajstić information content (AvgIpc) is 3.51. The van der Waals surface area contributed by atoms with Crippen molar-refractivity contribution < 1.29 is 14.2 Å². The van der Waals surface area contributed by atoms with Crippen LogP contribution in [0.2, 0.25) is 0 Å². The van der Waals surface area contributed by atoms with Gasteiger partial charge in [0.2, 0.25) is 0 Å². The Balaban J connectivity index is 1.16. The summed E-state index contributed by atoms with van der Waals surface area (Å²) < 4.78 is 17.6. The zero-order valence-corrected chi connectivity index (χ0v) is 20.8. The van der Waals surface area contributed by atoms with Gasteiger partial charge in [0.25, 0.3) is 0 Å². The molecule has 0 amide bonds. The summed E-state index contributed by atoms with van der Waals surface area (Å²) in [5.41, 5.74) is 12.5. The van der Waals surface area contributed by atoms with Gasteiger partial charge in [0.1, 0.15) is 23.9 Å². The first-order valence-corrected chi connectivity index (χ1v) is 12.9. The lowest BCUT2D eigenvalue weighted by atomic mass is 9.84. The molecule has 1 aliphatic heterocycles. The van der Waals surface area contributed by atoms with Crippen molar-refractivity contribution in [3.8, 4) is 17.0 Å². The molecule has 4 aliphatic rings. The van der Waals surface area contributed by atoms with Gasteiger partial charge in [0, 0.05) is 30.6 Å². The number of methoxy groups -OCH3 is 2. The standard InChI is InChI=1S/C29H35N3O3/c1-33-25-15-18-10-11-32(17-21(18)16-26(25)34-2)12-13-35-24-9-8-22(23-4-3-5-27(30)31-23)28-19-6-7-20(14-19)29(24)28/h3-5,8-9,16,18-20H,6-7,10-15,17H2,1-2H3,(H2,30,31). The number of rotatable bonds is 7. The Morgan fingerprint density at radius 3 is 2.66 bits per heavy atom. The molecule has 6 heteroatoms. The van der Waals surface area contributed by atoms with Crippen molar-refractivity contribution >= 4 is 5.82 Å². The molecule has 184 valence electrons. The Bertz CT molecular complexity index is 1190. The fraction of sp³-hybridized carbons (Fsp3) is 0.483. The fourth-order valence-electron chi connectivity index (χ4n) is 6.73. The van der Waals surface area contributed by atoms with Crippen molar-refractivity contribution in [2.45, 2.75) is 43.9 Å². The second kappa shape index (κ2) is 9.23. The van der Waals surface area contributed by atoms with E-state index < -0.39 is 0 Å². The molecule has 1 aromatic heterocycles. The van der Waals surface area contributed by atoms with E-state index in [4.69, 9.17) is 19.9 Å². The predicted octanol–water partition coefficient (Wildman–Crippen LogP) is 5.23. The maximum atomic E-state index is 6.47. The summed E-state index contributed by atoms with van der Waals surface area (Å²) in [6.45, 7) is 3.69. The topological polar surface area (TPSA) is 69.8 Å². The Kier molecular flexibility index (Phi) is 5.93. The van der Waals surface area contributed by atoms with E-state index in [9.17, 15) is 0 Å². The van der Waals surface area contributed by atoms with E-state index in [0.29, 0.717) is 30.2 Å². The minimum absolute atomic E-state index is 0.563. The summed E-state index contributed by atoms with van der Waals surface area (Å²) in [5, 5.41) is 0. The number of nitrogens with zero attached hydrogens (tertiary/aromatic N) is 2. The van der Waals surface area contributed by atoms with E-state index in [2.05, 4.69) is 34.2 Å². The number of benzene rings is 1. The van der Waals surface area contributed by atoms with E-state index in [-0.39, 0.29) is 0 Å². The molecule has 3 atom stereocenters. The van der Waals surface area contributed by atoms with Crippen LogP contribution in [0.15, 0.2) is 53.5 Å². The minimum Gasteiger partial charge on any atom is -0.497 e.